The molecule has 1 amide bonds. The van der Waals surface area contributed by atoms with Gasteiger partial charge >= 0.3 is 0 Å². The van der Waals surface area contributed by atoms with Crippen molar-refractivity contribution < 1.29 is 13.6 Å². The molecule has 0 bridgehead atoms. The number of nitrogens with zero attached hydrogens (tertiary/aromatic N) is 3. The van der Waals surface area contributed by atoms with Crippen molar-refractivity contribution in [3.63, 3.8) is 0 Å². The summed E-state index contributed by atoms with van der Waals surface area (Å²) in [7, 11) is 0. The maximum absolute atomic E-state index is 14.7. The first-order valence-corrected chi connectivity index (χ1v) is 11.7. The largest absolute Gasteiger partial charge is 0.363 e. The molecule has 4 rings (SSSR count). The molecule has 1 aromatic heterocycles. The van der Waals surface area contributed by atoms with E-state index in [1.807, 2.05) is 31.2 Å². The van der Waals surface area contributed by atoms with Crippen molar-refractivity contribution in [3.8, 4) is 0 Å². The number of amides is 1. The van der Waals surface area contributed by atoms with Crippen LogP contribution in [0.2, 0.25) is 0 Å². The molecule has 174 valence electrons. The summed E-state index contributed by atoms with van der Waals surface area (Å²) in [5.41, 5.74) is 2.59. The van der Waals surface area contributed by atoms with Crippen LogP contribution in [0.25, 0.3) is 10.9 Å². The number of carbonyl (C=O) groups excluding carboxylic acids is 1. The molecule has 32 heavy (non-hydrogen) atoms. The second-order valence-corrected chi connectivity index (χ2v) is 9.78. The molecule has 2 fully saturated rings. The number of hydrogen-bond acceptors (Lipinski definition) is 4. The van der Waals surface area contributed by atoms with Gasteiger partial charge in [0.05, 0.1) is 18.1 Å². The zero-order chi connectivity index (χ0) is 22.9. The maximum Gasteiger partial charge on any atom is 0.267 e. The van der Waals surface area contributed by atoms with Crippen LogP contribution < -0.4 is 10.2 Å². The number of nitrogens with one attached hydrogen (secondary N) is 1. The van der Waals surface area contributed by atoms with Gasteiger partial charge in [-0.3, -0.25) is 9.78 Å². The summed E-state index contributed by atoms with van der Waals surface area (Å²) < 4.78 is 29.4. The Morgan fingerprint density at radius 3 is 2.72 bits per heavy atom. The number of likely N-dealkylation sites (tertiary alicyclic amines) is 1. The molecule has 0 saturated carbocycles. The van der Waals surface area contributed by atoms with E-state index < -0.39 is 12.0 Å². The Hall–Kier alpha value is -2.28. The van der Waals surface area contributed by atoms with Gasteiger partial charge in [0.25, 0.3) is 5.92 Å². The van der Waals surface area contributed by atoms with Gasteiger partial charge in [0.15, 0.2) is 0 Å². The molecule has 1 atom stereocenters. The average Bonchev–Trinajstić information content (AvgIpc) is 2.73. The molecular weight excluding hydrogens is 410 g/mol. The number of rotatable bonds is 5. The van der Waals surface area contributed by atoms with Gasteiger partial charge in [-0.25, -0.2) is 8.78 Å². The van der Waals surface area contributed by atoms with Gasteiger partial charge < -0.3 is 15.1 Å². The van der Waals surface area contributed by atoms with Crippen molar-refractivity contribution in [1.82, 2.24) is 15.2 Å². The van der Waals surface area contributed by atoms with Crippen molar-refractivity contribution in [1.29, 1.82) is 0 Å². The molecule has 1 aromatic carbocycles. The summed E-state index contributed by atoms with van der Waals surface area (Å²) in [5, 5.41) is 3.79. The molecule has 0 aliphatic carbocycles. The number of pyridine rings is 1. The number of aryl methyl sites for hydroxylation is 1. The fraction of sp³-hybridized carbons (Fsp3) is 0.600. The average molecular weight is 445 g/mol. The Labute approximate surface area is 189 Å². The van der Waals surface area contributed by atoms with Crippen molar-refractivity contribution in [2.75, 3.05) is 31.1 Å². The van der Waals surface area contributed by atoms with E-state index in [1.54, 1.807) is 11.1 Å². The Kier molecular flexibility index (Phi) is 6.65. The molecule has 1 N–H and O–H groups in total. The van der Waals surface area contributed by atoms with Gasteiger partial charge in [0.1, 0.15) is 0 Å². The lowest BCUT2D eigenvalue weighted by Crippen LogP contribution is -2.55. The first-order chi connectivity index (χ1) is 15.2. The summed E-state index contributed by atoms with van der Waals surface area (Å²) in [4.78, 5) is 21.3. The first-order valence-electron chi connectivity index (χ1n) is 11.7. The minimum atomic E-state index is -2.86. The Balaban J connectivity index is 1.42. The van der Waals surface area contributed by atoms with Crippen LogP contribution in [0.3, 0.4) is 0 Å². The van der Waals surface area contributed by atoms with Crippen LogP contribution in [0, 0.1) is 12.8 Å². The second kappa shape index (κ2) is 9.30. The van der Waals surface area contributed by atoms with Gasteiger partial charge in [0.2, 0.25) is 5.91 Å². The van der Waals surface area contributed by atoms with E-state index in [0.717, 1.165) is 48.1 Å². The Morgan fingerprint density at radius 2 is 2.00 bits per heavy atom. The van der Waals surface area contributed by atoms with Crippen LogP contribution in [0.15, 0.2) is 30.5 Å². The number of aromatic nitrogens is 1. The SMILES string of the molecule is Cc1ccc(N2CC(NC(=O)CC3CCN(C(C)C)CC3)CC(F)(F)C2)c2cccnc12. The highest BCUT2D eigenvalue weighted by Gasteiger charge is 2.41. The van der Waals surface area contributed by atoms with E-state index in [0.29, 0.717) is 24.9 Å². The van der Waals surface area contributed by atoms with Crippen molar-refractivity contribution in [3.05, 3.63) is 36.0 Å². The van der Waals surface area contributed by atoms with Crippen LogP contribution >= 0.6 is 0 Å². The second-order valence-electron chi connectivity index (χ2n) is 9.78. The van der Waals surface area contributed by atoms with E-state index in [1.165, 1.54) is 0 Å². The van der Waals surface area contributed by atoms with E-state index >= 15 is 0 Å². The molecular formula is C25H34F2N4O. The standard InChI is InChI=1S/C25H34F2N4O/c1-17(2)30-11-8-19(9-12-30)13-23(32)29-20-14-25(26,27)16-31(15-20)22-7-6-18(3)24-21(22)5-4-10-28-24/h4-7,10,17,19-20H,8-9,11-16H2,1-3H3,(H,29,32). The van der Waals surface area contributed by atoms with Crippen LogP contribution in [-0.4, -0.2) is 60.0 Å². The zero-order valence-corrected chi connectivity index (χ0v) is 19.3. The number of anilines is 1. The van der Waals surface area contributed by atoms with Crippen molar-refractivity contribution in [2.24, 2.45) is 5.92 Å². The predicted octanol–water partition coefficient (Wildman–Crippen LogP) is 4.38. The number of hydrogen-bond donors (Lipinski definition) is 1. The number of fused-ring (bicyclic) bond motifs is 1. The highest BCUT2D eigenvalue weighted by molar-refractivity contribution is 5.93. The third-order valence-corrected chi connectivity index (χ3v) is 6.92. The lowest BCUT2D eigenvalue weighted by Gasteiger charge is -2.40. The van der Waals surface area contributed by atoms with E-state index in [2.05, 4.69) is 29.0 Å². The number of piperidine rings is 2. The summed E-state index contributed by atoms with van der Waals surface area (Å²) in [6, 6.07) is 7.52. The summed E-state index contributed by atoms with van der Waals surface area (Å²) in [6.07, 6.45) is 3.80. The highest BCUT2D eigenvalue weighted by atomic mass is 19.3. The molecule has 3 heterocycles. The van der Waals surface area contributed by atoms with Crippen molar-refractivity contribution in [2.45, 2.75) is 64.5 Å². The van der Waals surface area contributed by atoms with Gasteiger partial charge in [-0.15, -0.1) is 0 Å². The fourth-order valence-corrected chi connectivity index (χ4v) is 5.18. The number of carbonyl (C=O) groups is 1. The third-order valence-electron chi connectivity index (χ3n) is 6.92. The third kappa shape index (κ3) is 5.20. The minimum absolute atomic E-state index is 0.105. The number of benzene rings is 1. The van der Waals surface area contributed by atoms with Crippen LogP contribution in [-0.2, 0) is 4.79 Å². The zero-order valence-electron chi connectivity index (χ0n) is 19.3. The van der Waals surface area contributed by atoms with Crippen LogP contribution in [0.1, 0.15) is 45.1 Å². The first kappa shape index (κ1) is 22.9. The Morgan fingerprint density at radius 1 is 1.25 bits per heavy atom. The van der Waals surface area contributed by atoms with Gasteiger partial charge in [-0.2, -0.15) is 0 Å². The molecule has 1 unspecified atom stereocenters. The lowest BCUT2D eigenvalue weighted by molar-refractivity contribution is -0.124. The summed E-state index contributed by atoms with van der Waals surface area (Å²) >= 11 is 0. The van der Waals surface area contributed by atoms with E-state index in [4.69, 9.17) is 0 Å². The summed E-state index contributed by atoms with van der Waals surface area (Å²) in [6.45, 7) is 8.38. The Bertz CT molecular complexity index is 956. The predicted molar refractivity (Wildman–Crippen MR) is 124 cm³/mol. The van der Waals surface area contributed by atoms with Crippen molar-refractivity contribution >= 4 is 22.5 Å². The maximum atomic E-state index is 14.7. The van der Waals surface area contributed by atoms with Gasteiger partial charge in [-0.05, 0) is 76.4 Å². The normalized spacial score (nSPS) is 22.4. The van der Waals surface area contributed by atoms with Gasteiger partial charge in [-0.1, -0.05) is 6.07 Å². The van der Waals surface area contributed by atoms with E-state index in [-0.39, 0.29) is 18.9 Å². The molecule has 0 spiro atoms. The topological polar surface area (TPSA) is 48.5 Å². The highest BCUT2D eigenvalue weighted by Crippen LogP contribution is 2.34. The number of alkyl halides is 2. The number of halogens is 2. The molecule has 2 saturated heterocycles. The van der Waals surface area contributed by atoms with Crippen LogP contribution in [0.5, 0.6) is 0 Å². The molecule has 2 aromatic rings. The molecule has 2 aliphatic rings. The molecule has 5 nitrogen and oxygen atoms in total. The molecule has 7 heteroatoms. The quantitative estimate of drug-likeness (QED) is 0.743. The van der Waals surface area contributed by atoms with E-state index in [9.17, 15) is 13.6 Å². The van der Waals surface area contributed by atoms with Crippen LogP contribution in [0.4, 0.5) is 14.5 Å². The smallest absolute Gasteiger partial charge is 0.267 e. The fourth-order valence-electron chi connectivity index (χ4n) is 5.18. The lowest BCUT2D eigenvalue weighted by atomic mass is 9.92. The summed E-state index contributed by atoms with van der Waals surface area (Å²) in [5.74, 6) is -2.64. The molecule has 0 radical (unpaired) electrons. The molecule has 2 aliphatic heterocycles. The van der Waals surface area contributed by atoms with Gasteiger partial charge in [0, 0.05) is 42.7 Å². The minimum Gasteiger partial charge on any atom is -0.363 e. The monoisotopic (exact) mass is 444 g/mol.